The van der Waals surface area contributed by atoms with Crippen molar-refractivity contribution in [2.75, 3.05) is 24.6 Å². The van der Waals surface area contributed by atoms with Gasteiger partial charge in [0.25, 0.3) is 5.91 Å². The molecule has 0 saturated carbocycles. The van der Waals surface area contributed by atoms with Crippen LogP contribution in [-0.2, 0) is 4.74 Å². The molecule has 1 unspecified atom stereocenters. The van der Waals surface area contributed by atoms with E-state index in [0.717, 1.165) is 0 Å². The predicted octanol–water partition coefficient (Wildman–Crippen LogP) is 2.03. The smallest absolute Gasteiger partial charge is 0.337 e. The number of nitrogens with one attached hydrogen (secondary N) is 1. The minimum Gasteiger partial charge on any atom is -0.478 e. The largest absolute Gasteiger partial charge is 0.478 e. The van der Waals surface area contributed by atoms with Crippen LogP contribution in [-0.4, -0.2) is 47.9 Å². The standard InChI is InChI=1S/C17H16ClN3O4/c18-14-2-1-12(9-13(14)17(23)24)21(15-10-20-7-8-25-15)16(22)11-3-5-19-6-4-11/h1-6,9,15,20H,7-8,10H2,(H,23,24). The molecule has 3 rings (SSSR count). The molecule has 1 fully saturated rings. The van der Waals surface area contributed by atoms with Gasteiger partial charge in [-0.1, -0.05) is 11.6 Å². The van der Waals surface area contributed by atoms with Crippen molar-refractivity contribution in [1.82, 2.24) is 10.3 Å². The Bertz CT molecular complexity index is 779. The van der Waals surface area contributed by atoms with E-state index < -0.39 is 12.2 Å². The summed E-state index contributed by atoms with van der Waals surface area (Å²) in [5.74, 6) is -1.47. The Morgan fingerprint density at radius 1 is 1.28 bits per heavy atom. The molecule has 130 valence electrons. The molecule has 1 aromatic heterocycles. The molecule has 1 aliphatic heterocycles. The second-order valence-electron chi connectivity index (χ2n) is 5.41. The lowest BCUT2D eigenvalue weighted by atomic mass is 10.1. The van der Waals surface area contributed by atoms with Gasteiger partial charge in [0, 0.05) is 36.7 Å². The fourth-order valence-electron chi connectivity index (χ4n) is 2.59. The summed E-state index contributed by atoms with van der Waals surface area (Å²) in [6.07, 6.45) is 2.49. The molecular formula is C17H16ClN3O4. The number of anilines is 1. The number of morpholine rings is 1. The summed E-state index contributed by atoms with van der Waals surface area (Å²) < 4.78 is 5.71. The minimum absolute atomic E-state index is 0.0736. The number of aromatic nitrogens is 1. The molecule has 2 N–H and O–H groups in total. The average molecular weight is 362 g/mol. The summed E-state index contributed by atoms with van der Waals surface area (Å²) in [6.45, 7) is 1.57. The van der Waals surface area contributed by atoms with E-state index in [0.29, 0.717) is 30.9 Å². The number of carbonyl (C=O) groups is 2. The van der Waals surface area contributed by atoms with E-state index in [-0.39, 0.29) is 16.5 Å². The van der Waals surface area contributed by atoms with E-state index >= 15 is 0 Å². The number of hydrogen-bond donors (Lipinski definition) is 2. The molecule has 7 nitrogen and oxygen atoms in total. The molecule has 1 atom stereocenters. The number of halogens is 1. The van der Waals surface area contributed by atoms with Crippen LogP contribution in [0.1, 0.15) is 20.7 Å². The third kappa shape index (κ3) is 3.79. The maximum atomic E-state index is 13.0. The Labute approximate surface area is 149 Å². The number of hydrogen-bond acceptors (Lipinski definition) is 5. The highest BCUT2D eigenvalue weighted by molar-refractivity contribution is 6.33. The molecule has 2 heterocycles. The Morgan fingerprint density at radius 3 is 2.68 bits per heavy atom. The molecule has 1 aliphatic rings. The topological polar surface area (TPSA) is 91.8 Å². The SMILES string of the molecule is O=C(O)c1cc(N(C(=O)c2ccncc2)C2CNCCO2)ccc1Cl. The summed E-state index contributed by atoms with van der Waals surface area (Å²) >= 11 is 5.94. The first-order chi connectivity index (χ1) is 12.1. The highest BCUT2D eigenvalue weighted by atomic mass is 35.5. The van der Waals surface area contributed by atoms with Gasteiger partial charge in [0.15, 0.2) is 0 Å². The molecule has 8 heteroatoms. The van der Waals surface area contributed by atoms with E-state index in [9.17, 15) is 14.7 Å². The lowest BCUT2D eigenvalue weighted by Gasteiger charge is -2.34. The van der Waals surface area contributed by atoms with Crippen LogP contribution in [0.4, 0.5) is 5.69 Å². The molecule has 25 heavy (non-hydrogen) atoms. The summed E-state index contributed by atoms with van der Waals surface area (Å²) in [4.78, 5) is 29.7. The van der Waals surface area contributed by atoms with Crippen LogP contribution in [0.15, 0.2) is 42.7 Å². The van der Waals surface area contributed by atoms with Gasteiger partial charge in [-0.2, -0.15) is 0 Å². The highest BCUT2D eigenvalue weighted by Crippen LogP contribution is 2.27. The molecule has 1 saturated heterocycles. The monoisotopic (exact) mass is 361 g/mol. The first-order valence-corrected chi connectivity index (χ1v) is 8.04. The van der Waals surface area contributed by atoms with Gasteiger partial charge in [0.05, 0.1) is 17.2 Å². The van der Waals surface area contributed by atoms with Gasteiger partial charge in [-0.05, 0) is 30.3 Å². The number of carboxylic acid groups (broad SMARTS) is 1. The van der Waals surface area contributed by atoms with E-state index in [1.807, 2.05) is 0 Å². The molecule has 0 aliphatic carbocycles. The fourth-order valence-corrected chi connectivity index (χ4v) is 2.79. The summed E-state index contributed by atoms with van der Waals surface area (Å²) in [6, 6.07) is 7.64. The van der Waals surface area contributed by atoms with Gasteiger partial charge < -0.3 is 15.2 Å². The maximum Gasteiger partial charge on any atom is 0.337 e. The van der Waals surface area contributed by atoms with Crippen molar-refractivity contribution in [2.24, 2.45) is 0 Å². The Kier molecular flexibility index (Phi) is 5.28. The van der Waals surface area contributed by atoms with Gasteiger partial charge in [0.2, 0.25) is 0 Å². The van der Waals surface area contributed by atoms with Crippen LogP contribution < -0.4 is 10.2 Å². The average Bonchev–Trinajstić information content (AvgIpc) is 2.64. The normalized spacial score (nSPS) is 17.1. The van der Waals surface area contributed by atoms with Crippen LogP contribution in [0, 0.1) is 0 Å². The zero-order valence-corrected chi connectivity index (χ0v) is 13.9. The fraction of sp³-hybridized carbons (Fsp3) is 0.235. The van der Waals surface area contributed by atoms with Crippen molar-refractivity contribution >= 4 is 29.2 Å². The van der Waals surface area contributed by atoms with Crippen molar-refractivity contribution in [1.29, 1.82) is 0 Å². The Hall–Kier alpha value is -2.48. The van der Waals surface area contributed by atoms with Crippen LogP contribution in [0.25, 0.3) is 0 Å². The van der Waals surface area contributed by atoms with Gasteiger partial charge >= 0.3 is 5.97 Å². The third-order valence-electron chi connectivity index (χ3n) is 3.80. The molecule has 0 radical (unpaired) electrons. The zero-order chi connectivity index (χ0) is 17.8. The van der Waals surface area contributed by atoms with Crippen molar-refractivity contribution in [3.8, 4) is 0 Å². The molecule has 0 bridgehead atoms. The highest BCUT2D eigenvalue weighted by Gasteiger charge is 2.29. The zero-order valence-electron chi connectivity index (χ0n) is 13.2. The Balaban J connectivity index is 2.03. The minimum atomic E-state index is -1.16. The molecule has 0 spiro atoms. The number of aromatic carboxylic acids is 1. The van der Waals surface area contributed by atoms with Gasteiger partial charge in [-0.15, -0.1) is 0 Å². The lowest BCUT2D eigenvalue weighted by Crippen LogP contribution is -2.52. The van der Waals surface area contributed by atoms with E-state index in [1.165, 1.54) is 29.4 Å². The number of ether oxygens (including phenoxy) is 1. The third-order valence-corrected chi connectivity index (χ3v) is 4.13. The summed E-state index contributed by atoms with van der Waals surface area (Å²) in [5, 5.41) is 12.6. The van der Waals surface area contributed by atoms with Gasteiger partial charge in [0.1, 0.15) is 6.23 Å². The Morgan fingerprint density at radius 2 is 2.04 bits per heavy atom. The number of benzene rings is 1. The second kappa shape index (κ2) is 7.60. The molecule has 2 aromatic rings. The van der Waals surface area contributed by atoms with Crippen LogP contribution in [0.2, 0.25) is 5.02 Å². The quantitative estimate of drug-likeness (QED) is 0.865. The molecule has 1 amide bonds. The summed E-state index contributed by atoms with van der Waals surface area (Å²) in [5.41, 5.74) is 0.753. The van der Waals surface area contributed by atoms with Gasteiger partial charge in [-0.25, -0.2) is 4.79 Å². The number of carboxylic acids is 1. The van der Waals surface area contributed by atoms with Gasteiger partial charge in [-0.3, -0.25) is 14.7 Å². The number of amides is 1. The van der Waals surface area contributed by atoms with Crippen LogP contribution in [0.5, 0.6) is 0 Å². The van der Waals surface area contributed by atoms with Crippen LogP contribution in [0.3, 0.4) is 0 Å². The van der Waals surface area contributed by atoms with E-state index in [1.54, 1.807) is 18.2 Å². The van der Waals surface area contributed by atoms with Crippen molar-refractivity contribution in [3.05, 3.63) is 58.9 Å². The first kappa shape index (κ1) is 17.3. The van der Waals surface area contributed by atoms with Crippen molar-refractivity contribution < 1.29 is 19.4 Å². The predicted molar refractivity (Wildman–Crippen MR) is 92.1 cm³/mol. The van der Waals surface area contributed by atoms with E-state index in [4.69, 9.17) is 16.3 Å². The van der Waals surface area contributed by atoms with Crippen LogP contribution >= 0.6 is 11.6 Å². The number of rotatable bonds is 4. The molecule has 1 aromatic carbocycles. The number of nitrogens with zero attached hydrogens (tertiary/aromatic N) is 2. The first-order valence-electron chi connectivity index (χ1n) is 7.66. The number of carbonyl (C=O) groups excluding carboxylic acids is 1. The van der Waals surface area contributed by atoms with E-state index in [2.05, 4.69) is 10.3 Å². The van der Waals surface area contributed by atoms with Crippen molar-refractivity contribution in [3.63, 3.8) is 0 Å². The lowest BCUT2D eigenvalue weighted by molar-refractivity contribution is 0.0255. The summed E-state index contributed by atoms with van der Waals surface area (Å²) in [7, 11) is 0. The number of pyridine rings is 1. The maximum absolute atomic E-state index is 13.0. The van der Waals surface area contributed by atoms with Crippen molar-refractivity contribution in [2.45, 2.75) is 6.23 Å². The second-order valence-corrected chi connectivity index (χ2v) is 5.82. The molecular weight excluding hydrogens is 346 g/mol.